The van der Waals surface area contributed by atoms with E-state index in [2.05, 4.69) is 24.1 Å². The summed E-state index contributed by atoms with van der Waals surface area (Å²) in [6, 6.07) is 5.54. The van der Waals surface area contributed by atoms with E-state index < -0.39 is 0 Å². The standard InChI is InChI=1S/C15H21N3O/c1-10(2)4-3-7-17-15(19)13-9-18-14-6-5-11(16)8-12(13)14/h5-6,8-10,18H,3-4,7,16H2,1-2H3,(H,17,19). The lowest BCUT2D eigenvalue weighted by atomic mass is 10.1. The molecule has 4 nitrogen and oxygen atoms in total. The molecule has 102 valence electrons. The molecule has 4 N–H and O–H groups in total. The van der Waals surface area contributed by atoms with Crippen molar-refractivity contribution in [2.24, 2.45) is 5.92 Å². The Morgan fingerprint density at radius 2 is 2.21 bits per heavy atom. The van der Waals surface area contributed by atoms with Crippen LogP contribution in [0.3, 0.4) is 0 Å². The maximum Gasteiger partial charge on any atom is 0.253 e. The van der Waals surface area contributed by atoms with Crippen molar-refractivity contribution in [2.45, 2.75) is 26.7 Å². The van der Waals surface area contributed by atoms with Crippen molar-refractivity contribution in [3.63, 3.8) is 0 Å². The molecule has 4 heteroatoms. The van der Waals surface area contributed by atoms with Gasteiger partial charge in [-0.05, 0) is 37.0 Å². The minimum atomic E-state index is -0.0411. The van der Waals surface area contributed by atoms with Crippen molar-refractivity contribution < 1.29 is 4.79 Å². The second-order valence-corrected chi connectivity index (χ2v) is 5.30. The predicted octanol–water partition coefficient (Wildman–Crippen LogP) is 2.92. The van der Waals surface area contributed by atoms with Crippen molar-refractivity contribution in [3.05, 3.63) is 30.0 Å². The highest BCUT2D eigenvalue weighted by molar-refractivity contribution is 6.07. The summed E-state index contributed by atoms with van der Waals surface area (Å²) in [7, 11) is 0. The fourth-order valence-corrected chi connectivity index (χ4v) is 2.13. The van der Waals surface area contributed by atoms with Gasteiger partial charge in [0.15, 0.2) is 0 Å². The number of benzene rings is 1. The molecule has 0 aliphatic rings. The summed E-state index contributed by atoms with van der Waals surface area (Å²) in [4.78, 5) is 15.2. The summed E-state index contributed by atoms with van der Waals surface area (Å²) >= 11 is 0. The number of H-pyrrole nitrogens is 1. The Morgan fingerprint density at radius 3 is 2.95 bits per heavy atom. The number of carbonyl (C=O) groups is 1. The van der Waals surface area contributed by atoms with Gasteiger partial charge >= 0.3 is 0 Å². The number of nitrogen functional groups attached to an aromatic ring is 1. The van der Waals surface area contributed by atoms with Crippen molar-refractivity contribution in [2.75, 3.05) is 12.3 Å². The summed E-state index contributed by atoms with van der Waals surface area (Å²) in [5.41, 5.74) is 8.02. The first kappa shape index (κ1) is 13.5. The van der Waals surface area contributed by atoms with Crippen LogP contribution in [0.1, 0.15) is 37.0 Å². The van der Waals surface area contributed by atoms with E-state index in [4.69, 9.17) is 5.73 Å². The lowest BCUT2D eigenvalue weighted by molar-refractivity contribution is 0.0954. The Labute approximate surface area is 113 Å². The Kier molecular flexibility index (Phi) is 4.10. The maximum absolute atomic E-state index is 12.1. The number of hydrogen-bond donors (Lipinski definition) is 3. The highest BCUT2D eigenvalue weighted by atomic mass is 16.1. The Hall–Kier alpha value is -1.97. The van der Waals surface area contributed by atoms with Crippen LogP contribution in [0.2, 0.25) is 0 Å². The number of nitrogens with two attached hydrogens (primary N) is 1. The van der Waals surface area contributed by atoms with Crippen molar-refractivity contribution >= 4 is 22.5 Å². The van der Waals surface area contributed by atoms with Crippen LogP contribution in [0.15, 0.2) is 24.4 Å². The Balaban J connectivity index is 2.03. The van der Waals surface area contributed by atoms with Crippen LogP contribution in [0.25, 0.3) is 10.9 Å². The van der Waals surface area contributed by atoms with Gasteiger partial charge in [-0.2, -0.15) is 0 Å². The number of carbonyl (C=O) groups excluding carboxylic acids is 1. The molecule has 19 heavy (non-hydrogen) atoms. The lowest BCUT2D eigenvalue weighted by Crippen LogP contribution is -2.24. The smallest absolute Gasteiger partial charge is 0.253 e. The zero-order chi connectivity index (χ0) is 13.8. The second-order valence-electron chi connectivity index (χ2n) is 5.30. The van der Waals surface area contributed by atoms with Crippen molar-refractivity contribution in [3.8, 4) is 0 Å². The van der Waals surface area contributed by atoms with E-state index in [0.717, 1.165) is 23.7 Å². The van der Waals surface area contributed by atoms with Crippen LogP contribution < -0.4 is 11.1 Å². The molecule has 1 aromatic carbocycles. The molecule has 0 aliphatic carbocycles. The quantitative estimate of drug-likeness (QED) is 0.570. The van der Waals surface area contributed by atoms with E-state index in [9.17, 15) is 4.79 Å². The summed E-state index contributed by atoms with van der Waals surface area (Å²) in [6.07, 6.45) is 3.87. The number of anilines is 1. The SMILES string of the molecule is CC(C)CCCNC(=O)c1c[nH]c2ccc(N)cc12. The van der Waals surface area contributed by atoms with Crippen LogP contribution >= 0.6 is 0 Å². The number of hydrogen-bond acceptors (Lipinski definition) is 2. The van der Waals surface area contributed by atoms with Gasteiger partial charge in [-0.15, -0.1) is 0 Å². The Morgan fingerprint density at radius 1 is 1.42 bits per heavy atom. The van der Waals surface area contributed by atoms with Gasteiger partial charge in [-0.3, -0.25) is 4.79 Å². The molecule has 1 amide bonds. The zero-order valence-electron chi connectivity index (χ0n) is 11.5. The van der Waals surface area contributed by atoms with Crippen molar-refractivity contribution in [1.29, 1.82) is 0 Å². The highest BCUT2D eigenvalue weighted by Crippen LogP contribution is 2.20. The molecule has 1 aromatic heterocycles. The highest BCUT2D eigenvalue weighted by Gasteiger charge is 2.11. The average molecular weight is 259 g/mol. The molecule has 0 atom stereocenters. The third-order valence-electron chi connectivity index (χ3n) is 3.19. The predicted molar refractivity (Wildman–Crippen MR) is 79.1 cm³/mol. The second kappa shape index (κ2) is 5.78. The molecule has 0 saturated carbocycles. The van der Waals surface area contributed by atoms with Crippen molar-refractivity contribution in [1.82, 2.24) is 10.3 Å². The minimum Gasteiger partial charge on any atom is -0.399 e. The molecule has 0 bridgehead atoms. The van der Waals surface area contributed by atoms with Gasteiger partial charge in [0.25, 0.3) is 5.91 Å². The molecule has 0 saturated heterocycles. The monoisotopic (exact) mass is 259 g/mol. The molecule has 0 radical (unpaired) electrons. The third-order valence-corrected chi connectivity index (χ3v) is 3.19. The first-order valence-electron chi connectivity index (χ1n) is 6.72. The van der Waals surface area contributed by atoms with Gasteiger partial charge < -0.3 is 16.0 Å². The molecule has 0 aliphatic heterocycles. The van der Waals surface area contributed by atoms with Gasteiger partial charge in [0.2, 0.25) is 0 Å². The van der Waals surface area contributed by atoms with Crippen LogP contribution in [0.5, 0.6) is 0 Å². The molecule has 0 spiro atoms. The first-order chi connectivity index (χ1) is 9.08. The number of aromatic nitrogens is 1. The number of aromatic amines is 1. The number of amides is 1. The lowest BCUT2D eigenvalue weighted by Gasteiger charge is -2.06. The molecule has 0 unspecified atom stereocenters. The van der Waals surface area contributed by atoms with Crippen LogP contribution in [0.4, 0.5) is 5.69 Å². The van der Waals surface area contributed by atoms with E-state index in [1.807, 2.05) is 18.2 Å². The molecule has 0 fully saturated rings. The van der Waals surface area contributed by atoms with Gasteiger partial charge in [-0.25, -0.2) is 0 Å². The summed E-state index contributed by atoms with van der Waals surface area (Å²) in [5.74, 6) is 0.630. The van der Waals surface area contributed by atoms with Crippen LogP contribution in [-0.4, -0.2) is 17.4 Å². The van der Waals surface area contributed by atoms with E-state index in [1.165, 1.54) is 0 Å². The molecule has 2 rings (SSSR count). The van der Waals surface area contributed by atoms with E-state index in [-0.39, 0.29) is 5.91 Å². The minimum absolute atomic E-state index is 0.0411. The normalized spacial score (nSPS) is 11.1. The summed E-state index contributed by atoms with van der Waals surface area (Å²) < 4.78 is 0. The average Bonchev–Trinajstić information content (AvgIpc) is 2.77. The zero-order valence-corrected chi connectivity index (χ0v) is 11.5. The topological polar surface area (TPSA) is 70.9 Å². The van der Waals surface area contributed by atoms with Crippen LogP contribution in [0, 0.1) is 5.92 Å². The third kappa shape index (κ3) is 3.28. The number of rotatable bonds is 5. The van der Waals surface area contributed by atoms with E-state index >= 15 is 0 Å². The molecule has 1 heterocycles. The Bertz CT molecular complexity index is 572. The van der Waals surface area contributed by atoms with E-state index in [0.29, 0.717) is 23.7 Å². The summed E-state index contributed by atoms with van der Waals surface area (Å²) in [5, 5.41) is 3.83. The molecular formula is C15H21N3O. The summed E-state index contributed by atoms with van der Waals surface area (Å²) in [6.45, 7) is 5.08. The molecule has 2 aromatic rings. The number of fused-ring (bicyclic) bond motifs is 1. The fraction of sp³-hybridized carbons (Fsp3) is 0.400. The van der Waals surface area contributed by atoms with Gasteiger partial charge in [0, 0.05) is 29.3 Å². The van der Waals surface area contributed by atoms with E-state index in [1.54, 1.807) is 6.20 Å². The number of nitrogens with one attached hydrogen (secondary N) is 2. The fourth-order valence-electron chi connectivity index (χ4n) is 2.13. The van der Waals surface area contributed by atoms with Gasteiger partial charge in [-0.1, -0.05) is 13.8 Å². The van der Waals surface area contributed by atoms with Crippen LogP contribution in [-0.2, 0) is 0 Å². The molecular weight excluding hydrogens is 238 g/mol. The first-order valence-corrected chi connectivity index (χ1v) is 6.72. The van der Waals surface area contributed by atoms with Gasteiger partial charge in [0.05, 0.1) is 5.56 Å². The maximum atomic E-state index is 12.1. The van der Waals surface area contributed by atoms with Gasteiger partial charge in [0.1, 0.15) is 0 Å². The largest absolute Gasteiger partial charge is 0.399 e.